The Bertz CT molecular complexity index is 459. The first kappa shape index (κ1) is 12.5. The highest BCUT2D eigenvalue weighted by molar-refractivity contribution is 7.91. The van der Waals surface area contributed by atoms with E-state index in [9.17, 15) is 8.42 Å². The number of rotatable bonds is 4. The first-order valence-corrected chi connectivity index (χ1v) is 7.74. The Balaban J connectivity index is 1.83. The predicted molar refractivity (Wildman–Crippen MR) is 67.4 cm³/mol. The summed E-state index contributed by atoms with van der Waals surface area (Å²) in [5, 5.41) is 3.35. The third kappa shape index (κ3) is 3.51. The highest BCUT2D eigenvalue weighted by Crippen LogP contribution is 2.18. The van der Waals surface area contributed by atoms with E-state index in [0.717, 1.165) is 18.7 Å². The minimum absolute atomic E-state index is 0.166. The van der Waals surface area contributed by atoms with Crippen LogP contribution in [0.4, 0.5) is 0 Å². The highest BCUT2D eigenvalue weighted by Gasteiger charge is 2.27. The molecular weight excluding hydrogens is 236 g/mol. The van der Waals surface area contributed by atoms with Gasteiger partial charge in [0.1, 0.15) is 0 Å². The molecule has 0 spiro atoms. The Morgan fingerprint density at radius 3 is 2.94 bits per heavy atom. The second kappa shape index (κ2) is 5.14. The van der Waals surface area contributed by atoms with Gasteiger partial charge in [-0.15, -0.1) is 0 Å². The molecule has 1 aromatic rings. The number of nitrogens with zero attached hydrogens (tertiary/aromatic N) is 1. The molecule has 1 N–H and O–H groups in total. The fraction of sp³-hybridized carbons (Fsp3) is 0.583. The lowest BCUT2D eigenvalue weighted by Crippen LogP contribution is -2.26. The van der Waals surface area contributed by atoms with Gasteiger partial charge in [0.05, 0.1) is 17.2 Å². The third-order valence-electron chi connectivity index (χ3n) is 3.17. The van der Waals surface area contributed by atoms with E-state index in [2.05, 4.69) is 10.3 Å². The molecule has 5 heteroatoms. The molecule has 1 fully saturated rings. The van der Waals surface area contributed by atoms with Crippen LogP contribution in [0.2, 0.25) is 0 Å². The zero-order valence-corrected chi connectivity index (χ0v) is 10.8. The molecule has 1 aliphatic rings. The maximum atomic E-state index is 11.3. The Morgan fingerprint density at radius 1 is 1.53 bits per heavy atom. The predicted octanol–water partition coefficient (Wildman–Crippen LogP) is 1.17. The lowest BCUT2D eigenvalue weighted by Gasteiger charge is -2.15. The summed E-state index contributed by atoms with van der Waals surface area (Å²) in [6, 6.07) is 5.99. The van der Waals surface area contributed by atoms with Crippen molar-refractivity contribution in [1.29, 1.82) is 0 Å². The summed E-state index contributed by atoms with van der Waals surface area (Å²) in [6.07, 6.45) is 2.55. The Hall–Kier alpha value is -0.940. The monoisotopic (exact) mass is 254 g/mol. The van der Waals surface area contributed by atoms with Gasteiger partial charge in [0.2, 0.25) is 0 Å². The van der Waals surface area contributed by atoms with E-state index in [1.54, 1.807) is 6.20 Å². The Kier molecular flexibility index (Phi) is 3.79. The van der Waals surface area contributed by atoms with Crippen molar-refractivity contribution in [3.05, 3.63) is 30.1 Å². The average molecular weight is 254 g/mol. The number of aromatic nitrogens is 1. The van der Waals surface area contributed by atoms with E-state index >= 15 is 0 Å². The largest absolute Gasteiger partial charge is 0.309 e. The van der Waals surface area contributed by atoms with Gasteiger partial charge in [0.15, 0.2) is 9.84 Å². The summed E-state index contributed by atoms with van der Waals surface area (Å²) in [5.41, 5.74) is 0.994. The molecular formula is C12H18N2O2S. The van der Waals surface area contributed by atoms with Gasteiger partial charge < -0.3 is 5.32 Å². The summed E-state index contributed by atoms with van der Waals surface area (Å²) in [5.74, 6) is 0.929. The van der Waals surface area contributed by atoms with Crippen LogP contribution in [-0.2, 0) is 9.84 Å². The van der Waals surface area contributed by atoms with E-state index in [-0.39, 0.29) is 12.0 Å². The van der Waals surface area contributed by atoms with Gasteiger partial charge in [-0.3, -0.25) is 4.98 Å². The first-order chi connectivity index (χ1) is 8.07. The van der Waals surface area contributed by atoms with Crippen molar-refractivity contribution in [2.24, 2.45) is 5.92 Å². The van der Waals surface area contributed by atoms with Crippen molar-refractivity contribution in [3.63, 3.8) is 0 Å². The SMILES string of the molecule is CC(NCC1CCS(=O)(=O)C1)c1ccccn1. The smallest absolute Gasteiger partial charge is 0.150 e. The van der Waals surface area contributed by atoms with Crippen LogP contribution in [-0.4, -0.2) is 31.5 Å². The number of nitrogens with one attached hydrogen (secondary N) is 1. The lowest BCUT2D eigenvalue weighted by atomic mass is 10.1. The van der Waals surface area contributed by atoms with E-state index < -0.39 is 9.84 Å². The van der Waals surface area contributed by atoms with Crippen LogP contribution in [0.5, 0.6) is 0 Å². The van der Waals surface area contributed by atoms with Gasteiger partial charge >= 0.3 is 0 Å². The second-order valence-electron chi connectivity index (χ2n) is 4.65. The van der Waals surface area contributed by atoms with Crippen molar-refractivity contribution < 1.29 is 8.42 Å². The summed E-state index contributed by atoms with van der Waals surface area (Å²) in [4.78, 5) is 4.27. The van der Waals surface area contributed by atoms with Crippen LogP contribution in [0, 0.1) is 5.92 Å². The van der Waals surface area contributed by atoms with Crippen LogP contribution >= 0.6 is 0 Å². The molecule has 2 rings (SSSR count). The number of hydrogen-bond acceptors (Lipinski definition) is 4. The third-order valence-corrected chi connectivity index (χ3v) is 5.01. The van der Waals surface area contributed by atoms with Gasteiger partial charge in [0, 0.05) is 12.2 Å². The van der Waals surface area contributed by atoms with Gasteiger partial charge in [0.25, 0.3) is 0 Å². The molecule has 1 aromatic heterocycles. The lowest BCUT2D eigenvalue weighted by molar-refractivity contribution is 0.471. The van der Waals surface area contributed by atoms with Gasteiger partial charge in [-0.05, 0) is 37.9 Å². The van der Waals surface area contributed by atoms with Crippen LogP contribution in [0.15, 0.2) is 24.4 Å². The van der Waals surface area contributed by atoms with Crippen LogP contribution < -0.4 is 5.32 Å². The quantitative estimate of drug-likeness (QED) is 0.876. The second-order valence-corrected chi connectivity index (χ2v) is 6.88. The van der Waals surface area contributed by atoms with E-state index in [4.69, 9.17) is 0 Å². The van der Waals surface area contributed by atoms with Crippen molar-refractivity contribution in [1.82, 2.24) is 10.3 Å². The molecule has 0 amide bonds. The van der Waals surface area contributed by atoms with Crippen molar-refractivity contribution >= 4 is 9.84 Å². The summed E-state index contributed by atoms with van der Waals surface area (Å²) >= 11 is 0. The molecule has 0 radical (unpaired) electrons. The highest BCUT2D eigenvalue weighted by atomic mass is 32.2. The normalized spacial score (nSPS) is 24.6. The standard InChI is InChI=1S/C12H18N2O2S/c1-10(12-4-2-3-6-13-12)14-8-11-5-7-17(15,16)9-11/h2-4,6,10-11,14H,5,7-9H2,1H3. The Morgan fingerprint density at radius 2 is 2.35 bits per heavy atom. The summed E-state index contributed by atoms with van der Waals surface area (Å²) < 4.78 is 22.6. The summed E-state index contributed by atoms with van der Waals surface area (Å²) in [7, 11) is -2.76. The minimum atomic E-state index is -2.76. The number of pyridine rings is 1. The molecule has 2 heterocycles. The topological polar surface area (TPSA) is 59.1 Å². The minimum Gasteiger partial charge on any atom is -0.309 e. The molecule has 1 saturated heterocycles. The van der Waals surface area contributed by atoms with Crippen molar-refractivity contribution in [3.8, 4) is 0 Å². The van der Waals surface area contributed by atoms with E-state index in [1.807, 2.05) is 25.1 Å². The van der Waals surface area contributed by atoms with Crippen LogP contribution in [0.3, 0.4) is 0 Å². The van der Waals surface area contributed by atoms with E-state index in [0.29, 0.717) is 11.5 Å². The van der Waals surface area contributed by atoms with E-state index in [1.165, 1.54) is 0 Å². The fourth-order valence-electron chi connectivity index (χ4n) is 2.11. The van der Waals surface area contributed by atoms with Gasteiger partial charge in [-0.25, -0.2) is 8.42 Å². The summed E-state index contributed by atoms with van der Waals surface area (Å²) in [6.45, 7) is 2.79. The molecule has 4 nitrogen and oxygen atoms in total. The van der Waals surface area contributed by atoms with Crippen LogP contribution in [0.25, 0.3) is 0 Å². The van der Waals surface area contributed by atoms with Crippen molar-refractivity contribution in [2.45, 2.75) is 19.4 Å². The molecule has 1 aliphatic heterocycles. The van der Waals surface area contributed by atoms with Gasteiger partial charge in [-0.1, -0.05) is 6.07 Å². The zero-order chi connectivity index (χ0) is 12.3. The molecule has 2 unspecified atom stereocenters. The maximum absolute atomic E-state index is 11.3. The molecule has 94 valence electrons. The molecule has 17 heavy (non-hydrogen) atoms. The number of sulfone groups is 1. The van der Waals surface area contributed by atoms with Crippen LogP contribution in [0.1, 0.15) is 25.1 Å². The first-order valence-electron chi connectivity index (χ1n) is 5.91. The fourth-order valence-corrected chi connectivity index (χ4v) is 3.97. The number of hydrogen-bond donors (Lipinski definition) is 1. The molecule has 0 saturated carbocycles. The van der Waals surface area contributed by atoms with Gasteiger partial charge in [-0.2, -0.15) is 0 Å². The average Bonchev–Trinajstić information content (AvgIpc) is 2.67. The Labute approximate surface area is 102 Å². The van der Waals surface area contributed by atoms with Crippen molar-refractivity contribution in [2.75, 3.05) is 18.1 Å². The molecule has 0 aromatic carbocycles. The molecule has 2 atom stereocenters. The molecule has 0 aliphatic carbocycles. The maximum Gasteiger partial charge on any atom is 0.150 e. The molecule has 0 bridgehead atoms. The zero-order valence-electron chi connectivity index (χ0n) is 9.96.